The summed E-state index contributed by atoms with van der Waals surface area (Å²) in [5, 5.41) is 16.9. The molecular formula is C21H19N3O3. The summed E-state index contributed by atoms with van der Waals surface area (Å²) in [7, 11) is 0. The quantitative estimate of drug-likeness (QED) is 0.472. The second-order valence-corrected chi connectivity index (χ2v) is 5.91. The van der Waals surface area contributed by atoms with Crippen LogP contribution < -0.4 is 10.6 Å². The molecule has 2 N–H and O–H groups in total. The number of nitrogens with one attached hydrogen (secondary N) is 2. The fraction of sp³-hybridized carbons (Fsp3) is 0.0952. The minimum Gasteiger partial charge on any atom is -0.379 e. The minimum absolute atomic E-state index is 0.00710. The molecule has 0 radical (unpaired) electrons. The maximum atomic E-state index is 12.3. The monoisotopic (exact) mass is 361 g/mol. The molecule has 6 nitrogen and oxygen atoms in total. The van der Waals surface area contributed by atoms with Crippen molar-refractivity contribution in [2.45, 2.75) is 6.42 Å². The van der Waals surface area contributed by atoms with Gasteiger partial charge in [0.2, 0.25) is 5.91 Å². The molecule has 0 spiro atoms. The fourth-order valence-corrected chi connectivity index (χ4v) is 2.77. The standard InChI is InChI=1S/C21H19N3O3/c25-21(14-15-22-19-12-6-7-13-20(19)24(26)27)23-18-11-5-4-10-17(18)16-8-2-1-3-9-16/h1-13,22H,14-15H2,(H,23,25). The van der Waals surface area contributed by atoms with E-state index in [1.165, 1.54) is 6.07 Å². The molecule has 1 amide bonds. The van der Waals surface area contributed by atoms with E-state index in [0.717, 1.165) is 16.8 Å². The van der Waals surface area contributed by atoms with Gasteiger partial charge in [-0.2, -0.15) is 0 Å². The zero-order valence-electron chi connectivity index (χ0n) is 14.6. The van der Waals surface area contributed by atoms with E-state index in [1.54, 1.807) is 18.2 Å². The van der Waals surface area contributed by atoms with Crippen LogP contribution in [0.2, 0.25) is 0 Å². The molecule has 0 aromatic heterocycles. The van der Waals surface area contributed by atoms with Crippen LogP contribution in [0, 0.1) is 10.1 Å². The molecule has 3 aromatic carbocycles. The van der Waals surface area contributed by atoms with Crippen molar-refractivity contribution >= 4 is 23.0 Å². The number of hydrogen-bond donors (Lipinski definition) is 2. The summed E-state index contributed by atoms with van der Waals surface area (Å²) < 4.78 is 0. The molecule has 0 aliphatic rings. The minimum atomic E-state index is -0.446. The number of anilines is 2. The van der Waals surface area contributed by atoms with E-state index in [9.17, 15) is 14.9 Å². The Morgan fingerprint density at radius 1 is 0.852 bits per heavy atom. The first-order chi connectivity index (χ1) is 13.1. The Hall–Kier alpha value is -3.67. The highest BCUT2D eigenvalue weighted by Gasteiger charge is 2.12. The van der Waals surface area contributed by atoms with Crippen molar-refractivity contribution in [2.24, 2.45) is 0 Å². The molecule has 0 heterocycles. The Balaban J connectivity index is 1.62. The third-order valence-corrected chi connectivity index (χ3v) is 4.05. The summed E-state index contributed by atoms with van der Waals surface area (Å²) in [6, 6.07) is 23.8. The lowest BCUT2D eigenvalue weighted by molar-refractivity contribution is -0.384. The normalized spacial score (nSPS) is 10.2. The van der Waals surface area contributed by atoms with E-state index >= 15 is 0 Å². The van der Waals surface area contributed by atoms with Gasteiger partial charge in [0.25, 0.3) is 5.69 Å². The maximum Gasteiger partial charge on any atom is 0.292 e. The molecule has 136 valence electrons. The molecule has 0 atom stereocenters. The van der Waals surface area contributed by atoms with Gasteiger partial charge in [-0.15, -0.1) is 0 Å². The first kappa shape index (κ1) is 18.1. The third kappa shape index (κ3) is 4.70. The van der Waals surface area contributed by atoms with Gasteiger partial charge in [-0.3, -0.25) is 14.9 Å². The number of para-hydroxylation sites is 3. The smallest absolute Gasteiger partial charge is 0.292 e. The van der Waals surface area contributed by atoms with Crippen LogP contribution in [0.5, 0.6) is 0 Å². The molecule has 0 bridgehead atoms. The summed E-state index contributed by atoms with van der Waals surface area (Å²) in [6.07, 6.45) is 0.190. The van der Waals surface area contributed by atoms with Gasteiger partial charge in [-0.05, 0) is 17.7 Å². The highest BCUT2D eigenvalue weighted by atomic mass is 16.6. The number of benzene rings is 3. The largest absolute Gasteiger partial charge is 0.379 e. The Morgan fingerprint density at radius 2 is 1.48 bits per heavy atom. The SMILES string of the molecule is O=C(CCNc1ccccc1[N+](=O)[O-])Nc1ccccc1-c1ccccc1. The van der Waals surface area contributed by atoms with Crippen LogP contribution in [0.3, 0.4) is 0 Å². The fourth-order valence-electron chi connectivity index (χ4n) is 2.77. The average Bonchev–Trinajstić information content (AvgIpc) is 2.69. The number of rotatable bonds is 7. The Morgan fingerprint density at radius 3 is 2.22 bits per heavy atom. The maximum absolute atomic E-state index is 12.3. The predicted octanol–water partition coefficient (Wildman–Crippen LogP) is 4.70. The molecule has 0 unspecified atom stereocenters. The molecule has 0 fully saturated rings. The Kier molecular flexibility index (Phi) is 5.79. The lowest BCUT2D eigenvalue weighted by Crippen LogP contribution is -2.17. The number of nitro groups is 1. The van der Waals surface area contributed by atoms with Gasteiger partial charge >= 0.3 is 0 Å². The lowest BCUT2D eigenvalue weighted by atomic mass is 10.0. The highest BCUT2D eigenvalue weighted by Crippen LogP contribution is 2.27. The van der Waals surface area contributed by atoms with Crippen molar-refractivity contribution in [2.75, 3.05) is 17.2 Å². The van der Waals surface area contributed by atoms with Crippen LogP contribution >= 0.6 is 0 Å². The van der Waals surface area contributed by atoms with Crippen LogP contribution in [-0.2, 0) is 4.79 Å². The first-order valence-corrected chi connectivity index (χ1v) is 8.57. The molecule has 3 rings (SSSR count). The predicted molar refractivity (Wildman–Crippen MR) is 107 cm³/mol. The molecule has 0 saturated carbocycles. The summed E-state index contributed by atoms with van der Waals surface area (Å²) in [4.78, 5) is 22.9. The second kappa shape index (κ2) is 8.62. The van der Waals surface area contributed by atoms with Crippen molar-refractivity contribution in [3.63, 3.8) is 0 Å². The average molecular weight is 361 g/mol. The van der Waals surface area contributed by atoms with Crippen molar-refractivity contribution in [3.8, 4) is 11.1 Å². The van der Waals surface area contributed by atoms with Crippen molar-refractivity contribution in [1.29, 1.82) is 0 Å². The van der Waals surface area contributed by atoms with E-state index in [4.69, 9.17) is 0 Å². The van der Waals surface area contributed by atoms with Crippen LogP contribution in [-0.4, -0.2) is 17.4 Å². The topological polar surface area (TPSA) is 84.3 Å². The van der Waals surface area contributed by atoms with E-state index in [-0.39, 0.29) is 18.0 Å². The van der Waals surface area contributed by atoms with Gasteiger partial charge < -0.3 is 10.6 Å². The van der Waals surface area contributed by atoms with Crippen LogP contribution in [0.1, 0.15) is 6.42 Å². The second-order valence-electron chi connectivity index (χ2n) is 5.91. The van der Waals surface area contributed by atoms with Crippen molar-refractivity contribution in [3.05, 3.63) is 89.0 Å². The molecule has 0 aliphatic heterocycles. The number of carbonyl (C=O) groups excluding carboxylic acids is 1. The first-order valence-electron chi connectivity index (χ1n) is 8.57. The molecule has 0 saturated heterocycles. The molecule has 0 aliphatic carbocycles. The summed E-state index contributed by atoms with van der Waals surface area (Å²) >= 11 is 0. The summed E-state index contributed by atoms with van der Waals surface area (Å²) in [5.74, 6) is -0.163. The van der Waals surface area contributed by atoms with E-state index in [0.29, 0.717) is 12.2 Å². The molecule has 6 heteroatoms. The summed E-state index contributed by atoms with van der Waals surface area (Å²) in [5.41, 5.74) is 3.09. The number of nitro benzene ring substituents is 1. The van der Waals surface area contributed by atoms with Crippen LogP contribution in [0.25, 0.3) is 11.1 Å². The number of carbonyl (C=O) groups is 1. The Labute approximate surface area is 157 Å². The zero-order chi connectivity index (χ0) is 19.1. The van der Waals surface area contributed by atoms with Gasteiger partial charge in [0.1, 0.15) is 5.69 Å². The molecule has 27 heavy (non-hydrogen) atoms. The van der Waals surface area contributed by atoms with E-state index in [2.05, 4.69) is 10.6 Å². The van der Waals surface area contributed by atoms with Crippen LogP contribution in [0.4, 0.5) is 17.1 Å². The van der Waals surface area contributed by atoms with Gasteiger partial charge in [0, 0.05) is 30.3 Å². The lowest BCUT2D eigenvalue weighted by Gasteiger charge is -2.12. The van der Waals surface area contributed by atoms with Gasteiger partial charge in [0.15, 0.2) is 0 Å². The number of amides is 1. The number of nitrogens with zero attached hydrogens (tertiary/aromatic N) is 1. The Bertz CT molecular complexity index is 942. The van der Waals surface area contributed by atoms with Gasteiger partial charge in [-0.25, -0.2) is 0 Å². The van der Waals surface area contributed by atoms with Gasteiger partial charge in [0.05, 0.1) is 4.92 Å². The van der Waals surface area contributed by atoms with E-state index < -0.39 is 4.92 Å². The summed E-state index contributed by atoms with van der Waals surface area (Å²) in [6.45, 7) is 0.296. The van der Waals surface area contributed by atoms with Crippen LogP contribution in [0.15, 0.2) is 78.9 Å². The molecular weight excluding hydrogens is 342 g/mol. The van der Waals surface area contributed by atoms with Gasteiger partial charge in [-0.1, -0.05) is 60.7 Å². The number of hydrogen-bond acceptors (Lipinski definition) is 4. The highest BCUT2D eigenvalue weighted by molar-refractivity contribution is 5.95. The van der Waals surface area contributed by atoms with Crippen molar-refractivity contribution in [1.82, 2.24) is 0 Å². The third-order valence-electron chi connectivity index (χ3n) is 4.05. The van der Waals surface area contributed by atoms with Crippen molar-refractivity contribution < 1.29 is 9.72 Å². The van der Waals surface area contributed by atoms with E-state index in [1.807, 2.05) is 54.6 Å². The molecule has 3 aromatic rings. The zero-order valence-corrected chi connectivity index (χ0v) is 14.6.